The summed E-state index contributed by atoms with van der Waals surface area (Å²) in [6, 6.07) is 6.25. The number of aromatic nitrogens is 1. The molecule has 78 valence electrons. The third-order valence-electron chi connectivity index (χ3n) is 2.75. The first-order valence-electron chi connectivity index (χ1n) is 5.21. The summed E-state index contributed by atoms with van der Waals surface area (Å²) in [7, 11) is 0. The summed E-state index contributed by atoms with van der Waals surface area (Å²) in [6.45, 7) is 5.91. The fraction of sp³-hybridized carbons (Fsp3) is 0.308. The predicted octanol–water partition coefficient (Wildman–Crippen LogP) is 3.49. The molecule has 0 fully saturated rings. The molecule has 2 aromatic rings. The molecule has 0 amide bonds. The number of nitrogens with one attached hydrogen (secondary N) is 1. The second kappa shape index (κ2) is 3.54. The van der Waals surface area contributed by atoms with Gasteiger partial charge in [-0.25, -0.2) is 0 Å². The minimum atomic E-state index is 0.113. The Morgan fingerprint density at radius 2 is 2.07 bits per heavy atom. The number of H-pyrrole nitrogens is 1. The second-order valence-electron chi connectivity index (χ2n) is 4.22. The molecule has 0 atom stereocenters. The van der Waals surface area contributed by atoms with Crippen molar-refractivity contribution in [3.8, 4) is 0 Å². The summed E-state index contributed by atoms with van der Waals surface area (Å²) in [4.78, 5) is 14.5. The molecular weight excluding hydrogens is 186 g/mol. The number of hydrogen-bond acceptors (Lipinski definition) is 1. The summed E-state index contributed by atoms with van der Waals surface area (Å²) in [6.07, 6.45) is 1.79. The van der Waals surface area contributed by atoms with Crippen LogP contribution in [-0.2, 0) is 0 Å². The zero-order valence-corrected chi connectivity index (χ0v) is 9.29. The Bertz CT molecular complexity index is 508. The van der Waals surface area contributed by atoms with Crippen LogP contribution in [-0.4, -0.2) is 10.8 Å². The van der Waals surface area contributed by atoms with E-state index in [0.717, 1.165) is 16.5 Å². The molecule has 1 aromatic carbocycles. The van der Waals surface area contributed by atoms with Crippen LogP contribution < -0.4 is 0 Å². The molecule has 0 radical (unpaired) electrons. The minimum absolute atomic E-state index is 0.113. The average Bonchev–Trinajstić information content (AvgIpc) is 2.59. The zero-order chi connectivity index (χ0) is 11.0. The van der Waals surface area contributed by atoms with Crippen LogP contribution in [0.4, 0.5) is 0 Å². The zero-order valence-electron chi connectivity index (χ0n) is 9.29. The maximum Gasteiger partial charge on any atom is 0.161 e. The Morgan fingerprint density at radius 3 is 2.67 bits per heavy atom. The van der Waals surface area contributed by atoms with Crippen molar-refractivity contribution >= 4 is 16.7 Å². The Balaban J connectivity index is 2.66. The molecule has 0 spiro atoms. The molecule has 1 aromatic heterocycles. The molecule has 1 N–H and O–H groups in total. The number of carbonyl (C=O) groups excluding carboxylic acids is 1. The number of ketones is 1. The topological polar surface area (TPSA) is 32.9 Å². The normalized spacial score (nSPS) is 11.2. The number of carbonyl (C=O) groups is 1. The van der Waals surface area contributed by atoms with Gasteiger partial charge in [0.15, 0.2) is 5.78 Å². The molecule has 2 rings (SSSR count). The number of aromatic amines is 1. The molecule has 0 saturated carbocycles. The van der Waals surface area contributed by atoms with E-state index in [-0.39, 0.29) is 5.78 Å². The van der Waals surface area contributed by atoms with E-state index in [0.29, 0.717) is 5.92 Å². The summed E-state index contributed by atoms with van der Waals surface area (Å²) in [5, 5.41) is 1.04. The lowest BCUT2D eigenvalue weighted by Gasteiger charge is -2.05. The SMILES string of the molecule is CC(=O)c1c[nH]c2ccc(C(C)C)cc12. The molecule has 0 saturated heterocycles. The predicted molar refractivity (Wildman–Crippen MR) is 62.4 cm³/mol. The smallest absolute Gasteiger partial charge is 0.161 e. The Kier molecular flexibility index (Phi) is 2.35. The molecular formula is C13H15NO. The van der Waals surface area contributed by atoms with E-state index < -0.39 is 0 Å². The van der Waals surface area contributed by atoms with Gasteiger partial charge in [0.1, 0.15) is 0 Å². The van der Waals surface area contributed by atoms with Crippen molar-refractivity contribution in [2.45, 2.75) is 26.7 Å². The van der Waals surface area contributed by atoms with Crippen LogP contribution >= 0.6 is 0 Å². The van der Waals surface area contributed by atoms with Crippen molar-refractivity contribution in [3.05, 3.63) is 35.5 Å². The van der Waals surface area contributed by atoms with E-state index in [4.69, 9.17) is 0 Å². The highest BCUT2D eigenvalue weighted by Crippen LogP contribution is 2.23. The molecule has 0 aliphatic rings. The number of rotatable bonds is 2. The third kappa shape index (κ3) is 1.67. The van der Waals surface area contributed by atoms with Crippen molar-refractivity contribution in [1.29, 1.82) is 0 Å². The van der Waals surface area contributed by atoms with Crippen molar-refractivity contribution in [2.75, 3.05) is 0 Å². The summed E-state index contributed by atoms with van der Waals surface area (Å²) in [5.74, 6) is 0.603. The van der Waals surface area contributed by atoms with Gasteiger partial charge in [0.2, 0.25) is 0 Å². The fourth-order valence-electron chi connectivity index (χ4n) is 1.79. The van der Waals surface area contributed by atoms with Crippen LogP contribution in [0.5, 0.6) is 0 Å². The molecule has 0 aliphatic heterocycles. The molecule has 2 heteroatoms. The minimum Gasteiger partial charge on any atom is -0.360 e. The van der Waals surface area contributed by atoms with E-state index in [1.54, 1.807) is 13.1 Å². The summed E-state index contributed by atoms with van der Waals surface area (Å²) in [5.41, 5.74) is 3.08. The molecule has 1 heterocycles. The van der Waals surface area contributed by atoms with E-state index in [9.17, 15) is 4.79 Å². The van der Waals surface area contributed by atoms with Crippen molar-refractivity contribution in [2.24, 2.45) is 0 Å². The number of fused-ring (bicyclic) bond motifs is 1. The first kappa shape index (κ1) is 9.97. The van der Waals surface area contributed by atoms with Gasteiger partial charge in [0.25, 0.3) is 0 Å². The fourth-order valence-corrected chi connectivity index (χ4v) is 1.79. The molecule has 0 aliphatic carbocycles. The van der Waals surface area contributed by atoms with Crippen LogP contribution in [0.1, 0.15) is 42.6 Å². The lowest BCUT2D eigenvalue weighted by Crippen LogP contribution is -1.91. The van der Waals surface area contributed by atoms with Gasteiger partial charge in [-0.15, -0.1) is 0 Å². The highest BCUT2D eigenvalue weighted by molar-refractivity contribution is 6.06. The standard InChI is InChI=1S/C13H15NO/c1-8(2)10-4-5-13-11(6-10)12(7-14-13)9(3)15/h4-8,14H,1-3H3. The van der Waals surface area contributed by atoms with Crippen LogP contribution in [0.3, 0.4) is 0 Å². The van der Waals surface area contributed by atoms with Crippen molar-refractivity contribution < 1.29 is 4.79 Å². The van der Waals surface area contributed by atoms with Crippen LogP contribution in [0, 0.1) is 0 Å². The Morgan fingerprint density at radius 1 is 1.33 bits per heavy atom. The first-order valence-corrected chi connectivity index (χ1v) is 5.21. The average molecular weight is 201 g/mol. The number of hydrogen-bond donors (Lipinski definition) is 1. The third-order valence-corrected chi connectivity index (χ3v) is 2.75. The maximum absolute atomic E-state index is 11.4. The lowest BCUT2D eigenvalue weighted by molar-refractivity contribution is 0.101. The van der Waals surface area contributed by atoms with Crippen LogP contribution in [0.15, 0.2) is 24.4 Å². The van der Waals surface area contributed by atoms with Gasteiger partial charge >= 0.3 is 0 Å². The quantitative estimate of drug-likeness (QED) is 0.741. The van der Waals surface area contributed by atoms with Gasteiger partial charge in [-0.1, -0.05) is 19.9 Å². The Labute approximate surface area is 89.3 Å². The van der Waals surface area contributed by atoms with Gasteiger partial charge in [-0.3, -0.25) is 4.79 Å². The van der Waals surface area contributed by atoms with Gasteiger partial charge < -0.3 is 4.98 Å². The first-order chi connectivity index (χ1) is 7.09. The molecule has 2 nitrogen and oxygen atoms in total. The van der Waals surface area contributed by atoms with E-state index in [2.05, 4.69) is 31.0 Å². The van der Waals surface area contributed by atoms with Crippen LogP contribution in [0.25, 0.3) is 10.9 Å². The van der Waals surface area contributed by atoms with E-state index >= 15 is 0 Å². The maximum atomic E-state index is 11.4. The van der Waals surface area contributed by atoms with Gasteiger partial charge in [0, 0.05) is 22.7 Å². The van der Waals surface area contributed by atoms with Crippen molar-refractivity contribution in [1.82, 2.24) is 4.98 Å². The lowest BCUT2D eigenvalue weighted by atomic mass is 10.00. The van der Waals surface area contributed by atoms with Crippen LogP contribution in [0.2, 0.25) is 0 Å². The number of benzene rings is 1. The van der Waals surface area contributed by atoms with E-state index in [1.165, 1.54) is 5.56 Å². The molecule has 0 bridgehead atoms. The monoisotopic (exact) mass is 201 g/mol. The van der Waals surface area contributed by atoms with E-state index in [1.807, 2.05) is 6.07 Å². The molecule has 15 heavy (non-hydrogen) atoms. The molecule has 0 unspecified atom stereocenters. The van der Waals surface area contributed by atoms with Crippen molar-refractivity contribution in [3.63, 3.8) is 0 Å². The van der Waals surface area contributed by atoms with Gasteiger partial charge in [-0.2, -0.15) is 0 Å². The summed E-state index contributed by atoms with van der Waals surface area (Å²) < 4.78 is 0. The van der Waals surface area contributed by atoms with Gasteiger partial charge in [0.05, 0.1) is 0 Å². The highest BCUT2D eigenvalue weighted by atomic mass is 16.1. The largest absolute Gasteiger partial charge is 0.360 e. The van der Waals surface area contributed by atoms with Gasteiger partial charge in [-0.05, 0) is 30.5 Å². The highest BCUT2D eigenvalue weighted by Gasteiger charge is 2.09. The number of Topliss-reactive ketones (excluding diaryl/α,β-unsaturated/α-hetero) is 1. The second-order valence-corrected chi connectivity index (χ2v) is 4.22. The Hall–Kier alpha value is -1.57. The summed E-state index contributed by atoms with van der Waals surface area (Å²) >= 11 is 0.